The Morgan fingerprint density at radius 3 is 2.22 bits per heavy atom. The van der Waals surface area contributed by atoms with Gasteiger partial charge in [0.05, 0.1) is 0 Å². The second-order valence-electron chi connectivity index (χ2n) is 7.51. The summed E-state index contributed by atoms with van der Waals surface area (Å²) >= 11 is 0. The van der Waals surface area contributed by atoms with E-state index in [2.05, 4.69) is 29.6 Å². The Bertz CT molecular complexity index is 773. The van der Waals surface area contributed by atoms with Crippen molar-refractivity contribution in [3.05, 3.63) is 65.2 Å². The molecule has 0 bridgehead atoms. The summed E-state index contributed by atoms with van der Waals surface area (Å²) < 4.78 is 0. The fourth-order valence-electron chi connectivity index (χ4n) is 3.78. The molecule has 0 saturated carbocycles. The maximum Gasteiger partial charge on any atom is 0.233 e. The van der Waals surface area contributed by atoms with Gasteiger partial charge in [0.2, 0.25) is 11.8 Å². The lowest BCUT2D eigenvalue weighted by Crippen LogP contribution is -2.40. The van der Waals surface area contributed by atoms with E-state index in [0.717, 1.165) is 49.2 Å². The zero-order valence-corrected chi connectivity index (χ0v) is 16.2. The lowest BCUT2D eigenvalue weighted by Gasteiger charge is -2.32. The van der Waals surface area contributed by atoms with Crippen LogP contribution >= 0.6 is 0 Å². The molecule has 2 amide bonds. The van der Waals surface area contributed by atoms with Gasteiger partial charge in [0, 0.05) is 18.8 Å². The van der Waals surface area contributed by atoms with Crippen LogP contribution in [-0.2, 0) is 16.0 Å². The van der Waals surface area contributed by atoms with E-state index in [1.54, 1.807) is 0 Å². The molecule has 0 unspecified atom stereocenters. The molecule has 0 spiro atoms. The van der Waals surface area contributed by atoms with Crippen molar-refractivity contribution in [1.82, 2.24) is 4.90 Å². The highest BCUT2D eigenvalue weighted by Crippen LogP contribution is 2.23. The van der Waals surface area contributed by atoms with Gasteiger partial charge in [0.15, 0.2) is 0 Å². The minimum Gasteiger partial charge on any atom is -0.342 e. The summed E-state index contributed by atoms with van der Waals surface area (Å²) in [6.45, 7) is 5.41. The summed E-state index contributed by atoms with van der Waals surface area (Å²) in [5.74, 6) is 0.306. The van der Waals surface area contributed by atoms with Gasteiger partial charge in [0.1, 0.15) is 6.42 Å². The normalized spacial score (nSPS) is 14.8. The maximum absolute atomic E-state index is 12.5. The molecule has 4 heteroatoms. The van der Waals surface area contributed by atoms with E-state index in [-0.39, 0.29) is 18.2 Å². The third-order valence-corrected chi connectivity index (χ3v) is 5.39. The number of carbonyl (C=O) groups is 2. The van der Waals surface area contributed by atoms with Crippen LogP contribution in [0.3, 0.4) is 0 Å². The number of hydrogen-bond acceptors (Lipinski definition) is 2. The van der Waals surface area contributed by atoms with Gasteiger partial charge in [-0.3, -0.25) is 9.59 Å². The number of amides is 2. The number of para-hydroxylation sites is 1. The highest BCUT2D eigenvalue weighted by atomic mass is 16.2. The summed E-state index contributed by atoms with van der Waals surface area (Å²) in [6, 6.07) is 16.4. The first-order chi connectivity index (χ1) is 13.0. The zero-order chi connectivity index (χ0) is 19.2. The molecule has 1 heterocycles. The quantitative estimate of drug-likeness (QED) is 0.812. The minimum absolute atomic E-state index is 0.0723. The fraction of sp³-hybridized carbons (Fsp3) is 0.391. The summed E-state index contributed by atoms with van der Waals surface area (Å²) in [7, 11) is 0. The van der Waals surface area contributed by atoms with Crippen LogP contribution in [0, 0.1) is 19.8 Å². The molecule has 0 atom stereocenters. The largest absolute Gasteiger partial charge is 0.342 e. The topological polar surface area (TPSA) is 49.4 Å². The number of benzene rings is 2. The Morgan fingerprint density at radius 1 is 0.963 bits per heavy atom. The van der Waals surface area contributed by atoms with Crippen molar-refractivity contribution < 1.29 is 9.59 Å². The monoisotopic (exact) mass is 364 g/mol. The Morgan fingerprint density at radius 2 is 1.59 bits per heavy atom. The van der Waals surface area contributed by atoms with Crippen LogP contribution in [0.2, 0.25) is 0 Å². The van der Waals surface area contributed by atoms with Crippen LogP contribution < -0.4 is 5.32 Å². The number of piperidine rings is 1. The van der Waals surface area contributed by atoms with E-state index >= 15 is 0 Å². The molecule has 1 fully saturated rings. The number of likely N-dealkylation sites (tertiary alicyclic amines) is 1. The van der Waals surface area contributed by atoms with Gasteiger partial charge < -0.3 is 10.2 Å². The molecule has 4 nitrogen and oxygen atoms in total. The third kappa shape index (κ3) is 5.19. The van der Waals surface area contributed by atoms with Crippen LogP contribution in [0.15, 0.2) is 48.5 Å². The van der Waals surface area contributed by atoms with Crippen LogP contribution in [0.5, 0.6) is 0 Å². The SMILES string of the molecule is Cc1cccc(C)c1NC(=O)CC(=O)N1CCC(Cc2ccccc2)CC1. The summed E-state index contributed by atoms with van der Waals surface area (Å²) in [4.78, 5) is 26.7. The number of nitrogens with one attached hydrogen (secondary N) is 1. The number of aryl methyl sites for hydroxylation is 2. The molecule has 2 aromatic carbocycles. The van der Waals surface area contributed by atoms with Crippen molar-refractivity contribution in [2.75, 3.05) is 18.4 Å². The second kappa shape index (κ2) is 8.85. The molecule has 27 heavy (non-hydrogen) atoms. The Labute approximate surface area is 161 Å². The molecule has 1 N–H and O–H groups in total. The Balaban J connectivity index is 1.47. The third-order valence-electron chi connectivity index (χ3n) is 5.39. The van der Waals surface area contributed by atoms with Crippen LogP contribution in [0.25, 0.3) is 0 Å². The van der Waals surface area contributed by atoms with Gasteiger partial charge in [-0.25, -0.2) is 0 Å². The average molecular weight is 364 g/mol. The molecule has 1 saturated heterocycles. The molecule has 1 aliphatic rings. The van der Waals surface area contributed by atoms with Gasteiger partial charge in [-0.1, -0.05) is 48.5 Å². The van der Waals surface area contributed by atoms with E-state index in [1.165, 1.54) is 5.56 Å². The van der Waals surface area contributed by atoms with Gasteiger partial charge in [0.25, 0.3) is 0 Å². The molecule has 0 radical (unpaired) electrons. The van der Waals surface area contributed by atoms with E-state index < -0.39 is 0 Å². The number of rotatable bonds is 5. The van der Waals surface area contributed by atoms with E-state index in [9.17, 15) is 9.59 Å². The summed E-state index contributed by atoms with van der Waals surface area (Å²) in [5, 5.41) is 2.90. The lowest BCUT2D eigenvalue weighted by molar-refractivity contribution is -0.135. The van der Waals surface area contributed by atoms with Gasteiger partial charge in [-0.05, 0) is 55.7 Å². The minimum atomic E-state index is -0.233. The molecule has 2 aromatic rings. The Hall–Kier alpha value is -2.62. The van der Waals surface area contributed by atoms with Crippen LogP contribution in [0.1, 0.15) is 36.0 Å². The molecular formula is C23H28N2O2. The second-order valence-corrected chi connectivity index (χ2v) is 7.51. The van der Waals surface area contributed by atoms with Crippen LogP contribution in [-0.4, -0.2) is 29.8 Å². The van der Waals surface area contributed by atoms with Crippen molar-refractivity contribution in [2.24, 2.45) is 5.92 Å². The van der Waals surface area contributed by atoms with Crippen molar-refractivity contribution >= 4 is 17.5 Å². The maximum atomic E-state index is 12.5. The van der Waals surface area contributed by atoms with Crippen molar-refractivity contribution in [1.29, 1.82) is 0 Å². The number of hydrogen-bond donors (Lipinski definition) is 1. The standard InChI is InChI=1S/C23H28N2O2/c1-17-7-6-8-18(2)23(17)24-21(26)16-22(27)25-13-11-20(12-14-25)15-19-9-4-3-5-10-19/h3-10,20H,11-16H2,1-2H3,(H,24,26). The van der Waals surface area contributed by atoms with Crippen molar-refractivity contribution in [2.45, 2.75) is 39.5 Å². The molecule has 1 aliphatic heterocycles. The van der Waals surface area contributed by atoms with Gasteiger partial charge in [-0.15, -0.1) is 0 Å². The zero-order valence-electron chi connectivity index (χ0n) is 16.2. The summed E-state index contributed by atoms with van der Waals surface area (Å²) in [5.41, 5.74) is 4.20. The van der Waals surface area contributed by atoms with Gasteiger partial charge in [-0.2, -0.15) is 0 Å². The predicted octanol–water partition coefficient (Wildman–Crippen LogP) is 4.11. The molecule has 0 aromatic heterocycles. The summed E-state index contributed by atoms with van der Waals surface area (Å²) in [6.07, 6.45) is 2.98. The first-order valence-corrected chi connectivity index (χ1v) is 9.70. The Kier molecular flexibility index (Phi) is 6.28. The van der Waals surface area contributed by atoms with E-state index in [4.69, 9.17) is 0 Å². The number of anilines is 1. The van der Waals surface area contributed by atoms with E-state index in [0.29, 0.717) is 5.92 Å². The number of nitrogens with zero attached hydrogens (tertiary/aromatic N) is 1. The van der Waals surface area contributed by atoms with E-state index in [1.807, 2.05) is 43.0 Å². The first kappa shape index (κ1) is 19.2. The lowest BCUT2D eigenvalue weighted by atomic mass is 9.90. The smallest absolute Gasteiger partial charge is 0.233 e. The van der Waals surface area contributed by atoms with Crippen molar-refractivity contribution in [3.63, 3.8) is 0 Å². The van der Waals surface area contributed by atoms with Gasteiger partial charge >= 0.3 is 0 Å². The molecular weight excluding hydrogens is 336 g/mol. The van der Waals surface area contributed by atoms with Crippen molar-refractivity contribution in [3.8, 4) is 0 Å². The molecule has 142 valence electrons. The van der Waals surface area contributed by atoms with Crippen LogP contribution in [0.4, 0.5) is 5.69 Å². The molecule has 3 rings (SSSR count). The number of carbonyl (C=O) groups excluding carboxylic acids is 2. The predicted molar refractivity (Wildman–Crippen MR) is 109 cm³/mol. The first-order valence-electron chi connectivity index (χ1n) is 9.70. The molecule has 0 aliphatic carbocycles. The highest BCUT2D eigenvalue weighted by Gasteiger charge is 2.24. The highest BCUT2D eigenvalue weighted by molar-refractivity contribution is 6.04. The average Bonchev–Trinajstić information content (AvgIpc) is 2.66. The fourth-order valence-corrected chi connectivity index (χ4v) is 3.78.